The molecule has 1 aromatic carbocycles. The van der Waals surface area contributed by atoms with E-state index in [1.807, 2.05) is 0 Å². The predicted octanol–water partition coefficient (Wildman–Crippen LogP) is 5.20. The molecule has 1 nitrogen and oxygen atoms in total. The molecule has 0 saturated heterocycles. The van der Waals surface area contributed by atoms with E-state index in [2.05, 4.69) is 39.8 Å². The molecule has 0 spiro atoms. The van der Waals surface area contributed by atoms with Crippen molar-refractivity contribution in [3.63, 3.8) is 0 Å². The molecule has 1 aromatic rings. The second kappa shape index (κ2) is 7.45. The van der Waals surface area contributed by atoms with Gasteiger partial charge in [-0.25, -0.2) is 0 Å². The summed E-state index contributed by atoms with van der Waals surface area (Å²) in [6, 6.07) is 4.39. The minimum absolute atomic E-state index is 0.497. The summed E-state index contributed by atoms with van der Waals surface area (Å²) in [4.78, 5) is 0. The molecule has 0 aliphatic rings. The number of phenolic OH excluding ortho intramolecular Hbond substituents is 1. The summed E-state index contributed by atoms with van der Waals surface area (Å²) in [7, 11) is 0. The van der Waals surface area contributed by atoms with Crippen LogP contribution < -0.4 is 0 Å². The number of hydrogen-bond donors (Lipinski definition) is 1. The molecule has 0 bridgehead atoms. The third-order valence-electron chi connectivity index (χ3n) is 3.86. The maximum absolute atomic E-state index is 10.6. The number of aryl methyl sites for hydroxylation is 1. The molecular formula is C17H28O. The van der Waals surface area contributed by atoms with Gasteiger partial charge in [-0.15, -0.1) is 0 Å². The molecule has 0 aliphatic heterocycles. The number of aromatic hydroxyl groups is 1. The van der Waals surface area contributed by atoms with Gasteiger partial charge >= 0.3 is 0 Å². The fourth-order valence-electron chi connectivity index (χ4n) is 2.79. The van der Waals surface area contributed by atoms with Crippen LogP contribution in [0.5, 0.6) is 5.75 Å². The van der Waals surface area contributed by atoms with Gasteiger partial charge in [-0.3, -0.25) is 0 Å². The van der Waals surface area contributed by atoms with Crippen LogP contribution in [-0.2, 0) is 12.8 Å². The first kappa shape index (κ1) is 15.1. The number of benzene rings is 1. The molecule has 0 heterocycles. The molecule has 1 rings (SSSR count). The quantitative estimate of drug-likeness (QED) is 0.703. The van der Waals surface area contributed by atoms with Crippen molar-refractivity contribution in [3.05, 3.63) is 28.8 Å². The van der Waals surface area contributed by atoms with E-state index in [4.69, 9.17) is 0 Å². The first-order valence-electron chi connectivity index (χ1n) is 7.52. The van der Waals surface area contributed by atoms with Crippen LogP contribution in [0.3, 0.4) is 0 Å². The van der Waals surface area contributed by atoms with E-state index < -0.39 is 0 Å². The average Bonchev–Trinajstić information content (AvgIpc) is 2.38. The highest BCUT2D eigenvalue weighted by atomic mass is 16.3. The molecule has 0 atom stereocenters. The van der Waals surface area contributed by atoms with E-state index in [1.54, 1.807) is 0 Å². The van der Waals surface area contributed by atoms with Gasteiger partial charge in [0, 0.05) is 0 Å². The van der Waals surface area contributed by atoms with Crippen LogP contribution >= 0.6 is 0 Å². The van der Waals surface area contributed by atoms with Gasteiger partial charge in [0.2, 0.25) is 0 Å². The Bertz CT molecular complexity index is 364. The Kier molecular flexibility index (Phi) is 6.24. The maximum Gasteiger partial charge on any atom is 0.122 e. The summed E-state index contributed by atoms with van der Waals surface area (Å²) in [5.41, 5.74) is 3.69. The summed E-state index contributed by atoms with van der Waals surface area (Å²) in [6.45, 7) is 8.78. The molecule has 0 amide bonds. The second-order valence-corrected chi connectivity index (χ2v) is 5.15. The van der Waals surface area contributed by atoms with Crippen molar-refractivity contribution in [2.45, 2.75) is 72.1 Å². The maximum atomic E-state index is 10.6. The highest BCUT2D eigenvalue weighted by Crippen LogP contribution is 2.35. The summed E-state index contributed by atoms with van der Waals surface area (Å²) in [6.07, 6.45) is 6.50. The lowest BCUT2D eigenvalue weighted by Gasteiger charge is -2.19. The second-order valence-electron chi connectivity index (χ2n) is 5.15. The van der Waals surface area contributed by atoms with E-state index in [0.717, 1.165) is 44.1 Å². The van der Waals surface area contributed by atoms with Gasteiger partial charge in [-0.1, -0.05) is 52.7 Å². The highest BCUT2D eigenvalue weighted by molar-refractivity contribution is 5.47. The summed E-state index contributed by atoms with van der Waals surface area (Å²) < 4.78 is 0. The van der Waals surface area contributed by atoms with Crippen molar-refractivity contribution in [2.75, 3.05) is 0 Å². The molecular weight excluding hydrogens is 220 g/mol. The Morgan fingerprint density at radius 2 is 1.56 bits per heavy atom. The summed E-state index contributed by atoms with van der Waals surface area (Å²) in [5, 5.41) is 10.6. The van der Waals surface area contributed by atoms with Crippen LogP contribution in [0.25, 0.3) is 0 Å². The lowest BCUT2D eigenvalue weighted by atomic mass is 9.88. The Morgan fingerprint density at radius 3 is 2.06 bits per heavy atom. The minimum atomic E-state index is 0.497. The zero-order chi connectivity index (χ0) is 13.5. The number of phenols is 1. The third-order valence-corrected chi connectivity index (χ3v) is 3.86. The fourth-order valence-corrected chi connectivity index (χ4v) is 2.79. The normalized spacial score (nSPS) is 11.2. The van der Waals surface area contributed by atoms with E-state index >= 15 is 0 Å². The van der Waals surface area contributed by atoms with Gasteiger partial charge < -0.3 is 5.11 Å². The topological polar surface area (TPSA) is 20.2 Å². The molecule has 0 saturated carbocycles. The van der Waals surface area contributed by atoms with Gasteiger partial charge in [-0.2, -0.15) is 0 Å². The Morgan fingerprint density at radius 1 is 0.944 bits per heavy atom. The Labute approximate surface area is 112 Å². The fraction of sp³-hybridized carbons (Fsp3) is 0.647. The van der Waals surface area contributed by atoms with Crippen molar-refractivity contribution < 1.29 is 5.11 Å². The van der Waals surface area contributed by atoms with E-state index in [9.17, 15) is 5.11 Å². The molecule has 0 radical (unpaired) electrons. The third kappa shape index (κ3) is 3.28. The minimum Gasteiger partial charge on any atom is -0.507 e. The van der Waals surface area contributed by atoms with E-state index in [-0.39, 0.29) is 0 Å². The van der Waals surface area contributed by atoms with Gasteiger partial charge in [0.25, 0.3) is 0 Å². The largest absolute Gasteiger partial charge is 0.507 e. The molecule has 1 heteroatoms. The van der Waals surface area contributed by atoms with Gasteiger partial charge in [-0.05, 0) is 48.3 Å². The van der Waals surface area contributed by atoms with E-state index in [0.29, 0.717) is 11.7 Å². The number of hydrogen-bond acceptors (Lipinski definition) is 1. The number of rotatable bonds is 7. The molecule has 0 fully saturated rings. The SMILES string of the molecule is CCCc1ccc(C(CC)CC)c(O)c1CCC. The lowest BCUT2D eigenvalue weighted by Crippen LogP contribution is -2.02. The van der Waals surface area contributed by atoms with Gasteiger partial charge in [0.05, 0.1) is 0 Å². The lowest BCUT2D eigenvalue weighted by molar-refractivity contribution is 0.448. The first-order chi connectivity index (χ1) is 8.69. The molecule has 0 unspecified atom stereocenters. The predicted molar refractivity (Wildman–Crippen MR) is 79.4 cm³/mol. The monoisotopic (exact) mass is 248 g/mol. The smallest absolute Gasteiger partial charge is 0.122 e. The van der Waals surface area contributed by atoms with Crippen molar-refractivity contribution in [1.82, 2.24) is 0 Å². The zero-order valence-corrected chi connectivity index (χ0v) is 12.4. The summed E-state index contributed by atoms with van der Waals surface area (Å²) in [5.74, 6) is 1.08. The average molecular weight is 248 g/mol. The van der Waals surface area contributed by atoms with E-state index in [1.165, 1.54) is 11.1 Å². The first-order valence-corrected chi connectivity index (χ1v) is 7.52. The van der Waals surface area contributed by atoms with Crippen LogP contribution in [0.15, 0.2) is 12.1 Å². The molecule has 0 aromatic heterocycles. The molecule has 18 heavy (non-hydrogen) atoms. The molecule has 102 valence electrons. The van der Waals surface area contributed by atoms with Crippen LogP contribution in [0, 0.1) is 0 Å². The van der Waals surface area contributed by atoms with Crippen LogP contribution in [0.2, 0.25) is 0 Å². The highest BCUT2D eigenvalue weighted by Gasteiger charge is 2.16. The van der Waals surface area contributed by atoms with Crippen molar-refractivity contribution in [3.8, 4) is 5.75 Å². The summed E-state index contributed by atoms with van der Waals surface area (Å²) >= 11 is 0. The zero-order valence-electron chi connectivity index (χ0n) is 12.4. The Hall–Kier alpha value is -0.980. The van der Waals surface area contributed by atoms with Crippen LogP contribution in [-0.4, -0.2) is 5.11 Å². The Balaban J connectivity index is 3.19. The molecule has 1 N–H and O–H groups in total. The van der Waals surface area contributed by atoms with Gasteiger partial charge in [0.1, 0.15) is 5.75 Å². The van der Waals surface area contributed by atoms with Crippen LogP contribution in [0.1, 0.15) is 76.0 Å². The van der Waals surface area contributed by atoms with Crippen molar-refractivity contribution in [1.29, 1.82) is 0 Å². The molecule has 0 aliphatic carbocycles. The van der Waals surface area contributed by atoms with Crippen molar-refractivity contribution >= 4 is 0 Å². The van der Waals surface area contributed by atoms with Crippen LogP contribution in [0.4, 0.5) is 0 Å². The standard InChI is InChI=1S/C17H28O/c1-5-9-14-11-12-16(13(7-3)8-4)17(18)15(14)10-6-2/h11-13,18H,5-10H2,1-4H3. The van der Waals surface area contributed by atoms with Gasteiger partial charge in [0.15, 0.2) is 0 Å². The van der Waals surface area contributed by atoms with Crippen molar-refractivity contribution in [2.24, 2.45) is 0 Å².